The van der Waals surface area contributed by atoms with E-state index in [1.807, 2.05) is 7.05 Å². The van der Waals surface area contributed by atoms with E-state index in [4.69, 9.17) is 0 Å². The van der Waals surface area contributed by atoms with Crippen LogP contribution in [0.2, 0.25) is 0 Å². The fourth-order valence-electron chi connectivity index (χ4n) is 3.79. The number of fused-ring (bicyclic) bond motifs is 1. The minimum absolute atomic E-state index is 0.656. The highest BCUT2D eigenvalue weighted by atomic mass is 15.3. The summed E-state index contributed by atoms with van der Waals surface area (Å²) in [5.41, 5.74) is 0. The van der Waals surface area contributed by atoms with Crippen molar-refractivity contribution in [3.8, 4) is 0 Å². The summed E-state index contributed by atoms with van der Waals surface area (Å²) in [7, 11) is 4.13. The van der Waals surface area contributed by atoms with Gasteiger partial charge in [0.25, 0.3) is 0 Å². The third kappa shape index (κ3) is 4.35. The normalized spacial score (nSPS) is 27.9. The van der Waals surface area contributed by atoms with Crippen LogP contribution >= 0.6 is 0 Å². The first-order chi connectivity index (χ1) is 10.2. The number of rotatable bonds is 5. The van der Waals surface area contributed by atoms with Gasteiger partial charge in [0.05, 0.1) is 0 Å². The van der Waals surface area contributed by atoms with Gasteiger partial charge in [-0.3, -0.25) is 4.99 Å². The molecule has 1 N–H and O–H groups in total. The van der Waals surface area contributed by atoms with Gasteiger partial charge in [0, 0.05) is 39.3 Å². The topological polar surface area (TPSA) is 30.9 Å². The second-order valence-electron chi connectivity index (χ2n) is 6.92. The molecule has 3 atom stereocenters. The summed E-state index contributed by atoms with van der Waals surface area (Å²) in [6.45, 7) is 9.03. The second kappa shape index (κ2) is 8.02. The molecule has 0 amide bonds. The summed E-state index contributed by atoms with van der Waals surface area (Å²) in [6.07, 6.45) is 6.92. The van der Waals surface area contributed by atoms with E-state index < -0.39 is 0 Å². The maximum atomic E-state index is 4.50. The largest absolute Gasteiger partial charge is 0.355 e. The van der Waals surface area contributed by atoms with Crippen LogP contribution in [0, 0.1) is 11.8 Å². The Morgan fingerprint density at radius 3 is 2.43 bits per heavy atom. The second-order valence-corrected chi connectivity index (χ2v) is 6.92. The summed E-state index contributed by atoms with van der Waals surface area (Å²) in [5.74, 6) is 2.95. The van der Waals surface area contributed by atoms with Crippen LogP contribution in [0.3, 0.4) is 0 Å². The lowest BCUT2D eigenvalue weighted by Crippen LogP contribution is -2.44. The zero-order chi connectivity index (χ0) is 15.2. The van der Waals surface area contributed by atoms with E-state index in [1.54, 1.807) is 0 Å². The monoisotopic (exact) mass is 294 g/mol. The van der Waals surface area contributed by atoms with Crippen LogP contribution in [0.25, 0.3) is 0 Å². The first-order valence-electron chi connectivity index (χ1n) is 8.81. The lowest BCUT2D eigenvalue weighted by Gasteiger charge is -2.26. The molecule has 0 spiro atoms. The van der Waals surface area contributed by atoms with Crippen LogP contribution in [0.1, 0.15) is 46.0 Å². The van der Waals surface area contributed by atoms with Gasteiger partial charge in [-0.2, -0.15) is 0 Å². The molecule has 0 radical (unpaired) electrons. The first kappa shape index (κ1) is 16.6. The minimum Gasteiger partial charge on any atom is -0.355 e. The van der Waals surface area contributed by atoms with Gasteiger partial charge in [-0.1, -0.05) is 19.8 Å². The Hall–Kier alpha value is -0.770. The highest BCUT2D eigenvalue weighted by Gasteiger charge is 2.35. The molecule has 122 valence electrons. The van der Waals surface area contributed by atoms with Gasteiger partial charge in [0.1, 0.15) is 0 Å². The van der Waals surface area contributed by atoms with Crippen LogP contribution in [-0.4, -0.2) is 62.1 Å². The smallest absolute Gasteiger partial charge is 0.193 e. The maximum absolute atomic E-state index is 4.50. The first-order valence-corrected chi connectivity index (χ1v) is 8.81. The van der Waals surface area contributed by atoms with Crippen molar-refractivity contribution in [3.63, 3.8) is 0 Å². The summed E-state index contributed by atoms with van der Waals surface area (Å²) >= 11 is 0. The van der Waals surface area contributed by atoms with Gasteiger partial charge in [-0.15, -0.1) is 0 Å². The lowest BCUT2D eigenvalue weighted by molar-refractivity contribution is 0.255. The van der Waals surface area contributed by atoms with Crippen molar-refractivity contribution in [1.82, 2.24) is 15.1 Å². The average molecular weight is 294 g/mol. The molecular formula is C17H34N4. The summed E-state index contributed by atoms with van der Waals surface area (Å²) in [6, 6.07) is 0.656. The zero-order valence-corrected chi connectivity index (χ0v) is 14.4. The number of nitrogens with one attached hydrogen (secondary N) is 1. The van der Waals surface area contributed by atoms with Crippen molar-refractivity contribution in [3.05, 3.63) is 0 Å². The Morgan fingerprint density at radius 1 is 1.29 bits per heavy atom. The van der Waals surface area contributed by atoms with Crippen molar-refractivity contribution < 1.29 is 0 Å². The molecule has 0 bridgehead atoms. The number of nitrogens with zero attached hydrogens (tertiary/aromatic N) is 3. The molecule has 2 aliphatic rings. The van der Waals surface area contributed by atoms with E-state index in [9.17, 15) is 0 Å². The Kier molecular flexibility index (Phi) is 6.34. The molecule has 2 rings (SSSR count). The molecule has 4 nitrogen and oxygen atoms in total. The Labute approximate surface area is 131 Å². The van der Waals surface area contributed by atoms with E-state index in [1.165, 1.54) is 45.2 Å². The van der Waals surface area contributed by atoms with E-state index in [0.29, 0.717) is 6.04 Å². The van der Waals surface area contributed by atoms with Gasteiger partial charge >= 0.3 is 0 Å². The highest BCUT2D eigenvalue weighted by molar-refractivity contribution is 5.80. The molecule has 0 aromatic carbocycles. The number of hydrogen-bond acceptors (Lipinski definition) is 2. The Bertz CT molecular complexity index is 328. The van der Waals surface area contributed by atoms with E-state index in [2.05, 4.69) is 41.0 Å². The van der Waals surface area contributed by atoms with Crippen LogP contribution in [-0.2, 0) is 0 Å². The van der Waals surface area contributed by atoms with Crippen LogP contribution in [0.15, 0.2) is 4.99 Å². The summed E-state index contributed by atoms with van der Waals surface area (Å²) in [4.78, 5) is 9.41. The maximum Gasteiger partial charge on any atom is 0.193 e. The summed E-state index contributed by atoms with van der Waals surface area (Å²) in [5, 5.41) is 3.57. The number of aliphatic imine (C=N–C) groups is 1. The Morgan fingerprint density at radius 2 is 1.90 bits per heavy atom. The van der Waals surface area contributed by atoms with Crippen LogP contribution in [0.4, 0.5) is 0 Å². The van der Waals surface area contributed by atoms with Crippen molar-refractivity contribution in [2.45, 2.75) is 52.0 Å². The SMILES string of the molecule is CCC(C)N(C)CCNC(=NC)N1CC2CCCCC2C1. The predicted molar refractivity (Wildman–Crippen MR) is 90.8 cm³/mol. The van der Waals surface area contributed by atoms with Crippen LogP contribution < -0.4 is 5.32 Å². The number of likely N-dealkylation sites (N-methyl/N-ethyl adjacent to an activating group) is 1. The van der Waals surface area contributed by atoms with Gasteiger partial charge in [-0.05, 0) is 45.1 Å². The van der Waals surface area contributed by atoms with Gasteiger partial charge in [0.15, 0.2) is 5.96 Å². The molecule has 1 heterocycles. The molecule has 2 fully saturated rings. The van der Waals surface area contributed by atoms with Crippen LogP contribution in [0.5, 0.6) is 0 Å². The molecule has 1 aliphatic carbocycles. The Balaban J connectivity index is 1.76. The lowest BCUT2D eigenvalue weighted by atomic mass is 9.82. The molecular weight excluding hydrogens is 260 g/mol. The van der Waals surface area contributed by atoms with Gasteiger partial charge in [-0.25, -0.2) is 0 Å². The number of hydrogen-bond donors (Lipinski definition) is 1. The number of guanidine groups is 1. The van der Waals surface area contributed by atoms with Crippen molar-refractivity contribution >= 4 is 5.96 Å². The summed E-state index contributed by atoms with van der Waals surface area (Å²) < 4.78 is 0. The molecule has 0 aromatic rings. The van der Waals surface area contributed by atoms with Crippen molar-refractivity contribution in [1.29, 1.82) is 0 Å². The van der Waals surface area contributed by atoms with E-state index in [0.717, 1.165) is 30.9 Å². The average Bonchev–Trinajstić information content (AvgIpc) is 2.94. The molecule has 21 heavy (non-hydrogen) atoms. The minimum atomic E-state index is 0.656. The molecule has 1 saturated carbocycles. The molecule has 0 aromatic heterocycles. The fourth-order valence-corrected chi connectivity index (χ4v) is 3.79. The highest BCUT2D eigenvalue weighted by Crippen LogP contribution is 2.35. The van der Waals surface area contributed by atoms with Gasteiger partial charge in [0.2, 0.25) is 0 Å². The number of likely N-dealkylation sites (tertiary alicyclic amines) is 1. The molecule has 1 aliphatic heterocycles. The van der Waals surface area contributed by atoms with E-state index >= 15 is 0 Å². The molecule has 4 heteroatoms. The standard InChI is InChI=1S/C17H34N4/c1-5-14(2)20(4)11-10-19-17(18-3)21-12-15-8-6-7-9-16(15)13-21/h14-16H,5-13H2,1-4H3,(H,18,19). The van der Waals surface area contributed by atoms with Gasteiger partial charge < -0.3 is 15.1 Å². The van der Waals surface area contributed by atoms with Crippen molar-refractivity contribution in [2.75, 3.05) is 40.3 Å². The quantitative estimate of drug-likeness (QED) is 0.624. The molecule has 1 saturated heterocycles. The third-order valence-electron chi connectivity index (χ3n) is 5.58. The third-order valence-corrected chi connectivity index (χ3v) is 5.58. The predicted octanol–water partition coefficient (Wildman–Crippen LogP) is 2.41. The molecule has 3 unspecified atom stereocenters. The van der Waals surface area contributed by atoms with Crippen molar-refractivity contribution in [2.24, 2.45) is 16.8 Å². The fraction of sp³-hybridized carbons (Fsp3) is 0.941. The zero-order valence-electron chi connectivity index (χ0n) is 14.4. The van der Waals surface area contributed by atoms with E-state index in [-0.39, 0.29) is 0 Å².